The van der Waals surface area contributed by atoms with Crippen molar-refractivity contribution in [2.45, 2.75) is 31.6 Å². The largest absolute Gasteiger partial charge is 0.493 e. The lowest BCUT2D eigenvalue weighted by Gasteiger charge is -2.24. The lowest BCUT2D eigenvalue weighted by atomic mass is 10.0. The summed E-state index contributed by atoms with van der Waals surface area (Å²) < 4.78 is 57.2. The second-order valence-corrected chi connectivity index (χ2v) is 6.73. The molecule has 0 saturated heterocycles. The van der Waals surface area contributed by atoms with Gasteiger partial charge in [0, 0.05) is 19.2 Å². The van der Waals surface area contributed by atoms with Crippen LogP contribution in [0, 0.1) is 5.82 Å². The van der Waals surface area contributed by atoms with Crippen LogP contribution >= 0.6 is 0 Å². The van der Waals surface area contributed by atoms with Crippen molar-refractivity contribution < 1.29 is 27.1 Å². The van der Waals surface area contributed by atoms with Gasteiger partial charge in [-0.1, -0.05) is 12.1 Å². The lowest BCUT2D eigenvalue weighted by molar-refractivity contribution is -0.137. The van der Waals surface area contributed by atoms with E-state index in [4.69, 9.17) is 4.74 Å². The fraction of sp³-hybridized carbons (Fsp3) is 0.350. The van der Waals surface area contributed by atoms with Crippen molar-refractivity contribution in [3.8, 4) is 5.75 Å². The van der Waals surface area contributed by atoms with E-state index in [2.05, 4.69) is 5.32 Å². The summed E-state index contributed by atoms with van der Waals surface area (Å²) in [5.74, 6) is 0.121. The second-order valence-electron chi connectivity index (χ2n) is 6.73. The van der Waals surface area contributed by atoms with E-state index in [1.807, 2.05) is 0 Å². The van der Waals surface area contributed by atoms with Crippen molar-refractivity contribution >= 4 is 6.03 Å². The highest BCUT2D eigenvalue weighted by molar-refractivity contribution is 5.74. The summed E-state index contributed by atoms with van der Waals surface area (Å²) in [6, 6.07) is 8.05. The van der Waals surface area contributed by atoms with Gasteiger partial charge in [0.25, 0.3) is 0 Å². The van der Waals surface area contributed by atoms with Crippen molar-refractivity contribution in [3.05, 3.63) is 65.0 Å². The number of carbonyl (C=O) groups is 1. The molecule has 0 unspecified atom stereocenters. The number of alkyl halides is 3. The van der Waals surface area contributed by atoms with Gasteiger partial charge in [0.1, 0.15) is 11.6 Å². The summed E-state index contributed by atoms with van der Waals surface area (Å²) in [4.78, 5) is 13.9. The van der Waals surface area contributed by atoms with E-state index in [-0.39, 0.29) is 6.54 Å². The first-order valence-electron chi connectivity index (χ1n) is 8.84. The monoisotopic (exact) mass is 396 g/mol. The highest BCUT2D eigenvalue weighted by Gasteiger charge is 2.30. The first-order valence-corrected chi connectivity index (χ1v) is 8.84. The number of hydrogen-bond acceptors (Lipinski definition) is 2. The molecule has 2 amide bonds. The Morgan fingerprint density at radius 3 is 2.61 bits per heavy atom. The number of urea groups is 1. The predicted octanol–water partition coefficient (Wildman–Crippen LogP) is 4.90. The standard InChI is InChI=1S/C20H20F4N2O2/c1-26(12-13-4-6-14(7-5-13)20(22,23)24)19(27)25-17-3-2-10-28-18-9-8-15(21)11-16(17)18/h4-9,11,17H,2-3,10,12H2,1H3,(H,25,27)/t17-/m1/s1. The summed E-state index contributed by atoms with van der Waals surface area (Å²) >= 11 is 0. The van der Waals surface area contributed by atoms with Gasteiger partial charge in [0.05, 0.1) is 18.2 Å². The van der Waals surface area contributed by atoms with Crippen molar-refractivity contribution in [3.63, 3.8) is 0 Å². The predicted molar refractivity (Wildman–Crippen MR) is 95.3 cm³/mol. The van der Waals surface area contributed by atoms with Gasteiger partial charge in [0.2, 0.25) is 0 Å². The maximum absolute atomic E-state index is 13.6. The van der Waals surface area contributed by atoms with E-state index < -0.39 is 29.6 Å². The van der Waals surface area contributed by atoms with Gasteiger partial charge < -0.3 is 15.0 Å². The third-order valence-corrected chi connectivity index (χ3v) is 4.59. The first kappa shape index (κ1) is 20.0. The van der Waals surface area contributed by atoms with Gasteiger partial charge in [-0.3, -0.25) is 0 Å². The maximum Gasteiger partial charge on any atom is 0.416 e. The number of amides is 2. The summed E-state index contributed by atoms with van der Waals surface area (Å²) in [7, 11) is 1.55. The topological polar surface area (TPSA) is 41.6 Å². The number of ether oxygens (including phenoxy) is 1. The molecule has 1 heterocycles. The number of rotatable bonds is 3. The number of hydrogen-bond donors (Lipinski definition) is 1. The fourth-order valence-corrected chi connectivity index (χ4v) is 3.10. The minimum absolute atomic E-state index is 0.142. The van der Waals surface area contributed by atoms with Crippen molar-refractivity contribution in [1.82, 2.24) is 10.2 Å². The minimum atomic E-state index is -4.40. The molecule has 2 aromatic rings. The third-order valence-electron chi connectivity index (χ3n) is 4.59. The first-order chi connectivity index (χ1) is 13.2. The van der Waals surface area contributed by atoms with Gasteiger partial charge >= 0.3 is 12.2 Å². The van der Waals surface area contributed by atoms with E-state index in [0.29, 0.717) is 36.3 Å². The molecule has 0 fully saturated rings. The molecule has 0 aliphatic carbocycles. The molecule has 3 rings (SSSR count). The SMILES string of the molecule is CN(Cc1ccc(C(F)(F)F)cc1)C(=O)N[C@@H]1CCCOc2ccc(F)cc21. The van der Waals surface area contributed by atoms with E-state index >= 15 is 0 Å². The van der Waals surface area contributed by atoms with Gasteiger partial charge in [-0.05, 0) is 48.7 Å². The lowest BCUT2D eigenvalue weighted by Crippen LogP contribution is -2.39. The number of halogens is 4. The summed E-state index contributed by atoms with van der Waals surface area (Å²) in [5, 5.41) is 2.86. The molecule has 1 aliphatic rings. The smallest absolute Gasteiger partial charge is 0.416 e. The van der Waals surface area contributed by atoms with Crippen LogP contribution in [0.1, 0.15) is 35.6 Å². The molecule has 150 valence electrons. The molecule has 28 heavy (non-hydrogen) atoms. The van der Waals surface area contributed by atoms with Crippen LogP contribution in [0.4, 0.5) is 22.4 Å². The average Bonchev–Trinajstić information content (AvgIpc) is 2.83. The Kier molecular flexibility index (Phi) is 5.76. The normalized spacial score (nSPS) is 16.5. The summed E-state index contributed by atoms with van der Waals surface area (Å²) in [6.07, 6.45) is -3.10. The van der Waals surface area contributed by atoms with Gasteiger partial charge in [-0.25, -0.2) is 9.18 Å². The number of nitrogens with zero attached hydrogens (tertiary/aromatic N) is 1. The molecule has 0 spiro atoms. The van der Waals surface area contributed by atoms with Crippen molar-refractivity contribution in [1.29, 1.82) is 0 Å². The highest BCUT2D eigenvalue weighted by Crippen LogP contribution is 2.32. The Bertz CT molecular complexity index is 837. The van der Waals surface area contributed by atoms with E-state index in [1.54, 1.807) is 13.1 Å². The number of fused-ring (bicyclic) bond motifs is 1. The second kappa shape index (κ2) is 8.08. The van der Waals surface area contributed by atoms with Crippen LogP contribution in [0.2, 0.25) is 0 Å². The van der Waals surface area contributed by atoms with Gasteiger partial charge in [-0.15, -0.1) is 0 Å². The van der Waals surface area contributed by atoms with Gasteiger partial charge in [0.15, 0.2) is 0 Å². The fourth-order valence-electron chi connectivity index (χ4n) is 3.10. The molecule has 4 nitrogen and oxygen atoms in total. The quantitative estimate of drug-likeness (QED) is 0.750. The highest BCUT2D eigenvalue weighted by atomic mass is 19.4. The number of carbonyl (C=O) groups excluding carboxylic acids is 1. The van der Waals surface area contributed by atoms with Crippen LogP contribution in [-0.2, 0) is 12.7 Å². The Labute approximate surface area is 160 Å². The van der Waals surface area contributed by atoms with E-state index in [1.165, 1.54) is 29.2 Å². The molecule has 1 atom stereocenters. The average molecular weight is 396 g/mol. The summed E-state index contributed by atoms with van der Waals surface area (Å²) in [5.41, 5.74) is 0.413. The molecule has 1 aliphatic heterocycles. The zero-order valence-electron chi connectivity index (χ0n) is 15.2. The maximum atomic E-state index is 13.6. The van der Waals surface area contributed by atoms with E-state index in [9.17, 15) is 22.4 Å². The van der Waals surface area contributed by atoms with Gasteiger partial charge in [-0.2, -0.15) is 13.2 Å². The van der Waals surface area contributed by atoms with Crippen molar-refractivity contribution in [2.75, 3.05) is 13.7 Å². The third kappa shape index (κ3) is 4.74. The van der Waals surface area contributed by atoms with Crippen molar-refractivity contribution in [2.24, 2.45) is 0 Å². The zero-order chi connectivity index (χ0) is 20.3. The zero-order valence-corrected chi connectivity index (χ0v) is 15.2. The molecule has 0 saturated carbocycles. The Morgan fingerprint density at radius 2 is 1.93 bits per heavy atom. The van der Waals surface area contributed by atoms with Crippen LogP contribution in [0.5, 0.6) is 5.75 Å². The van der Waals surface area contributed by atoms with E-state index in [0.717, 1.165) is 12.1 Å². The minimum Gasteiger partial charge on any atom is -0.493 e. The Balaban J connectivity index is 1.67. The van der Waals surface area contributed by atoms with Crippen LogP contribution in [0.3, 0.4) is 0 Å². The molecular weight excluding hydrogens is 376 g/mol. The molecule has 0 bridgehead atoms. The number of nitrogens with one attached hydrogen (secondary N) is 1. The summed E-state index contributed by atoms with van der Waals surface area (Å²) in [6.45, 7) is 0.621. The van der Waals surface area contributed by atoms with Crippen LogP contribution in [0.15, 0.2) is 42.5 Å². The molecule has 2 aromatic carbocycles. The molecule has 1 N–H and O–H groups in total. The van der Waals surface area contributed by atoms with Crippen LogP contribution in [0.25, 0.3) is 0 Å². The Hall–Kier alpha value is -2.77. The molecule has 0 aromatic heterocycles. The Morgan fingerprint density at radius 1 is 1.21 bits per heavy atom. The number of benzene rings is 2. The van der Waals surface area contributed by atoms with Crippen LogP contribution < -0.4 is 10.1 Å². The molecule has 0 radical (unpaired) electrons. The molecule has 8 heteroatoms. The van der Waals surface area contributed by atoms with Crippen LogP contribution in [-0.4, -0.2) is 24.6 Å². The molecular formula is C20H20F4N2O2.